The molecule has 1 N–H and O–H groups in total. The van der Waals surface area contributed by atoms with Crippen LogP contribution in [-0.4, -0.2) is 50.5 Å². The van der Waals surface area contributed by atoms with E-state index in [9.17, 15) is 13.2 Å². The first kappa shape index (κ1) is 22.9. The average Bonchev–Trinajstić information content (AvgIpc) is 2.90. The van der Waals surface area contributed by atoms with Gasteiger partial charge in [0, 0.05) is 18.7 Å². The van der Waals surface area contributed by atoms with Crippen LogP contribution < -0.4 is 9.62 Å². The van der Waals surface area contributed by atoms with Crippen LogP contribution in [0.1, 0.15) is 15.9 Å². The molecule has 0 radical (unpaired) electrons. The van der Waals surface area contributed by atoms with Gasteiger partial charge in [-0.05, 0) is 42.5 Å². The number of benzene rings is 3. The number of nitrogens with zero attached hydrogens (tertiary/aromatic N) is 3. The number of fused-ring (bicyclic) bond motifs is 1. The molecule has 1 saturated heterocycles. The number of anilines is 2. The fraction of sp³-hybridized carbons (Fsp3) is 0.160. The molecule has 0 aliphatic carbocycles. The molecule has 2 heterocycles. The Morgan fingerprint density at radius 3 is 2.51 bits per heavy atom. The van der Waals surface area contributed by atoms with Gasteiger partial charge in [0.05, 0.1) is 46.6 Å². The number of rotatable bonds is 6. The Bertz CT molecular complexity index is 1510. The predicted molar refractivity (Wildman–Crippen MR) is 130 cm³/mol. The summed E-state index contributed by atoms with van der Waals surface area (Å²) in [5.74, 6) is -0.872. The Morgan fingerprint density at radius 2 is 1.74 bits per heavy atom. The lowest BCUT2D eigenvalue weighted by Crippen LogP contribution is -2.36. The normalized spacial score (nSPS) is 14.1. The second-order valence-corrected chi connectivity index (χ2v) is 9.63. The Balaban J connectivity index is 1.45. The molecule has 1 fully saturated rings. The molecule has 10 heteroatoms. The van der Waals surface area contributed by atoms with E-state index in [-0.39, 0.29) is 21.7 Å². The first-order valence-electron chi connectivity index (χ1n) is 10.9. The lowest BCUT2D eigenvalue weighted by Gasteiger charge is -2.27. The molecule has 0 atom stereocenters. The van der Waals surface area contributed by atoms with Gasteiger partial charge in [0.2, 0.25) is 0 Å². The zero-order valence-electron chi connectivity index (χ0n) is 18.5. The van der Waals surface area contributed by atoms with Gasteiger partial charge in [-0.25, -0.2) is 17.8 Å². The van der Waals surface area contributed by atoms with Gasteiger partial charge in [0.25, 0.3) is 10.0 Å². The van der Waals surface area contributed by atoms with Gasteiger partial charge in [-0.3, -0.25) is 14.5 Å². The number of nitrogens with one attached hydrogen (secondary N) is 1. The summed E-state index contributed by atoms with van der Waals surface area (Å²) in [7, 11) is -4.02. The largest absolute Gasteiger partial charge is 0.378 e. The third-order valence-electron chi connectivity index (χ3n) is 5.67. The second kappa shape index (κ2) is 9.40. The topological polar surface area (TPSA) is 101 Å². The molecule has 1 aliphatic heterocycles. The van der Waals surface area contributed by atoms with Crippen LogP contribution in [0.15, 0.2) is 77.8 Å². The number of carbonyl (C=O) groups excluding carboxylic acids is 1. The first-order chi connectivity index (χ1) is 16.9. The van der Waals surface area contributed by atoms with Crippen molar-refractivity contribution in [3.63, 3.8) is 0 Å². The molecule has 0 spiro atoms. The maximum Gasteiger partial charge on any atom is 0.261 e. The highest BCUT2D eigenvalue weighted by Crippen LogP contribution is 2.25. The highest BCUT2D eigenvalue weighted by molar-refractivity contribution is 7.92. The van der Waals surface area contributed by atoms with Crippen LogP contribution in [0.5, 0.6) is 0 Å². The molecule has 0 unspecified atom stereocenters. The van der Waals surface area contributed by atoms with Gasteiger partial charge in [-0.2, -0.15) is 0 Å². The number of ketones is 1. The third-order valence-corrected chi connectivity index (χ3v) is 7.05. The maximum absolute atomic E-state index is 15.3. The molecule has 0 bridgehead atoms. The number of ether oxygens (including phenoxy) is 1. The molecule has 3 aromatic carbocycles. The molecule has 35 heavy (non-hydrogen) atoms. The van der Waals surface area contributed by atoms with Crippen molar-refractivity contribution in [1.82, 2.24) is 9.97 Å². The smallest absolute Gasteiger partial charge is 0.261 e. The molecule has 0 saturated carbocycles. The standard InChI is InChI=1S/C25H21FN4O4S/c26-24-19(7-4-8-21(24)29-35(32,33)18-5-2-1-3-6-18)25(31)17-9-10-20-22(15-17)28-23(16-27-20)30-11-13-34-14-12-30/h1-10,15-16,29H,11-14H2. The predicted octanol–water partition coefficient (Wildman–Crippen LogP) is 3.64. The molecule has 4 aromatic rings. The number of aromatic nitrogens is 2. The molecule has 8 nitrogen and oxygen atoms in total. The van der Waals surface area contributed by atoms with Gasteiger partial charge >= 0.3 is 0 Å². The van der Waals surface area contributed by atoms with Crippen molar-refractivity contribution in [2.45, 2.75) is 4.90 Å². The van der Waals surface area contributed by atoms with Crippen LogP contribution in [0, 0.1) is 5.82 Å². The van der Waals surface area contributed by atoms with Crippen molar-refractivity contribution in [3.05, 3.63) is 89.9 Å². The van der Waals surface area contributed by atoms with Crippen molar-refractivity contribution in [2.24, 2.45) is 0 Å². The highest BCUT2D eigenvalue weighted by atomic mass is 32.2. The van der Waals surface area contributed by atoms with E-state index in [1.807, 2.05) is 4.90 Å². The Hall–Kier alpha value is -3.89. The summed E-state index contributed by atoms with van der Waals surface area (Å²) < 4.78 is 48.1. The molecular formula is C25H21FN4O4S. The van der Waals surface area contributed by atoms with Crippen LogP contribution in [0.25, 0.3) is 11.0 Å². The van der Waals surface area contributed by atoms with Crippen LogP contribution in [0.3, 0.4) is 0 Å². The Labute approximate surface area is 201 Å². The van der Waals surface area contributed by atoms with E-state index in [2.05, 4.69) is 14.7 Å². The van der Waals surface area contributed by atoms with Gasteiger partial charge in [-0.15, -0.1) is 0 Å². The molecular weight excluding hydrogens is 471 g/mol. The van der Waals surface area contributed by atoms with E-state index in [4.69, 9.17) is 4.74 Å². The Kier molecular flexibility index (Phi) is 6.14. The van der Waals surface area contributed by atoms with Crippen LogP contribution in [0.2, 0.25) is 0 Å². The summed E-state index contributed by atoms with van der Waals surface area (Å²) in [5, 5.41) is 0. The average molecular weight is 493 g/mol. The first-order valence-corrected chi connectivity index (χ1v) is 12.4. The lowest BCUT2D eigenvalue weighted by molar-refractivity contribution is 0.103. The maximum atomic E-state index is 15.3. The number of hydrogen-bond donors (Lipinski definition) is 1. The molecule has 5 rings (SSSR count). The number of halogens is 1. The van der Waals surface area contributed by atoms with Crippen molar-refractivity contribution in [2.75, 3.05) is 35.9 Å². The number of sulfonamides is 1. The van der Waals surface area contributed by atoms with Gasteiger partial charge in [-0.1, -0.05) is 24.3 Å². The summed E-state index contributed by atoms with van der Waals surface area (Å²) in [5.41, 5.74) is 0.752. The summed E-state index contributed by atoms with van der Waals surface area (Å²) in [6, 6.07) is 16.4. The van der Waals surface area contributed by atoms with Crippen LogP contribution >= 0.6 is 0 Å². The zero-order chi connectivity index (χ0) is 24.4. The monoisotopic (exact) mass is 492 g/mol. The molecule has 178 valence electrons. The van der Waals surface area contributed by atoms with E-state index in [0.717, 1.165) is 0 Å². The van der Waals surface area contributed by atoms with E-state index < -0.39 is 21.6 Å². The summed E-state index contributed by atoms with van der Waals surface area (Å²) >= 11 is 0. The van der Waals surface area contributed by atoms with E-state index >= 15 is 4.39 Å². The SMILES string of the molecule is O=C(c1ccc2ncc(N3CCOCC3)nc2c1)c1cccc(NS(=O)(=O)c2ccccc2)c1F. The highest BCUT2D eigenvalue weighted by Gasteiger charge is 2.21. The number of carbonyl (C=O) groups is 1. The minimum atomic E-state index is -4.02. The molecule has 0 amide bonds. The van der Waals surface area contributed by atoms with Crippen LogP contribution in [0.4, 0.5) is 15.9 Å². The molecule has 1 aliphatic rings. The summed E-state index contributed by atoms with van der Waals surface area (Å²) in [4.78, 5) is 24.3. The minimum Gasteiger partial charge on any atom is -0.378 e. The van der Waals surface area contributed by atoms with Crippen molar-refractivity contribution >= 4 is 38.3 Å². The van der Waals surface area contributed by atoms with E-state index in [0.29, 0.717) is 43.2 Å². The van der Waals surface area contributed by atoms with Gasteiger partial charge in [0.15, 0.2) is 11.6 Å². The Morgan fingerprint density at radius 1 is 0.971 bits per heavy atom. The quantitative estimate of drug-likeness (QED) is 0.410. The third kappa shape index (κ3) is 4.71. The molecule has 1 aromatic heterocycles. The number of morpholine rings is 1. The van der Waals surface area contributed by atoms with Crippen molar-refractivity contribution in [1.29, 1.82) is 0 Å². The fourth-order valence-corrected chi connectivity index (χ4v) is 4.91. The van der Waals surface area contributed by atoms with Crippen molar-refractivity contribution < 1.29 is 22.3 Å². The van der Waals surface area contributed by atoms with Crippen molar-refractivity contribution in [3.8, 4) is 0 Å². The van der Waals surface area contributed by atoms with E-state index in [1.54, 1.807) is 42.6 Å². The fourth-order valence-electron chi connectivity index (χ4n) is 3.83. The summed E-state index contributed by atoms with van der Waals surface area (Å²) in [6.07, 6.45) is 1.68. The summed E-state index contributed by atoms with van der Waals surface area (Å²) in [6.45, 7) is 2.58. The minimum absolute atomic E-state index is 0.0136. The number of hydrogen-bond acceptors (Lipinski definition) is 7. The zero-order valence-corrected chi connectivity index (χ0v) is 19.3. The van der Waals surface area contributed by atoms with Crippen LogP contribution in [-0.2, 0) is 14.8 Å². The van der Waals surface area contributed by atoms with E-state index in [1.165, 1.54) is 30.3 Å². The van der Waals surface area contributed by atoms with Gasteiger partial charge < -0.3 is 9.64 Å². The van der Waals surface area contributed by atoms with Gasteiger partial charge in [0.1, 0.15) is 5.82 Å². The lowest BCUT2D eigenvalue weighted by atomic mass is 10.0. The second-order valence-electron chi connectivity index (χ2n) is 7.95.